The van der Waals surface area contributed by atoms with Gasteiger partial charge in [0, 0.05) is 17.9 Å². The number of carbonyl (C=O) groups is 2. The van der Waals surface area contributed by atoms with Crippen molar-refractivity contribution in [1.29, 1.82) is 0 Å². The van der Waals surface area contributed by atoms with Crippen LogP contribution in [-0.2, 0) is 14.3 Å². The van der Waals surface area contributed by atoms with E-state index in [4.69, 9.17) is 44.3 Å². The lowest BCUT2D eigenvalue weighted by molar-refractivity contribution is -0.151. The molecule has 0 aromatic heterocycles. The van der Waals surface area contributed by atoms with Gasteiger partial charge in [-0.2, -0.15) is 0 Å². The molecule has 0 N–H and O–H groups in total. The molecule has 0 heterocycles. The highest BCUT2D eigenvalue weighted by molar-refractivity contribution is 6.40. The average Bonchev–Trinajstić information content (AvgIpc) is 2.50. The monoisotopic (exact) mass is 408 g/mol. The van der Waals surface area contributed by atoms with Gasteiger partial charge in [-0.1, -0.05) is 62.0 Å². The summed E-state index contributed by atoms with van der Waals surface area (Å²) in [7, 11) is 0. The van der Waals surface area contributed by atoms with Crippen LogP contribution in [0.15, 0.2) is 12.1 Å². The van der Waals surface area contributed by atoms with Gasteiger partial charge in [-0.15, -0.1) is 0 Å². The van der Waals surface area contributed by atoms with Crippen LogP contribution in [0.25, 0.3) is 0 Å². The fraction of sp³-hybridized carbons (Fsp3) is 0.556. The van der Waals surface area contributed by atoms with Gasteiger partial charge >= 0.3 is 11.9 Å². The lowest BCUT2D eigenvalue weighted by Gasteiger charge is -2.20. The van der Waals surface area contributed by atoms with Crippen molar-refractivity contribution >= 4 is 46.7 Å². The zero-order valence-electron chi connectivity index (χ0n) is 14.6. The van der Waals surface area contributed by atoms with Crippen LogP contribution in [-0.4, -0.2) is 18.0 Å². The third-order valence-corrected chi connectivity index (χ3v) is 4.32. The first-order valence-electron chi connectivity index (χ1n) is 8.29. The quantitative estimate of drug-likeness (QED) is 0.366. The van der Waals surface area contributed by atoms with Gasteiger partial charge in [0.1, 0.15) is 6.10 Å². The number of benzene rings is 1. The summed E-state index contributed by atoms with van der Waals surface area (Å²) in [6.45, 7) is 6.08. The van der Waals surface area contributed by atoms with E-state index in [-0.39, 0.29) is 46.6 Å². The third-order valence-electron chi connectivity index (χ3n) is 3.54. The van der Waals surface area contributed by atoms with Crippen LogP contribution < -0.4 is 4.74 Å². The maximum atomic E-state index is 11.9. The summed E-state index contributed by atoms with van der Waals surface area (Å²) in [4.78, 5) is 23.8. The Kier molecular flexibility index (Phi) is 9.62. The van der Waals surface area contributed by atoms with Gasteiger partial charge in [0.15, 0.2) is 5.75 Å². The van der Waals surface area contributed by atoms with Crippen molar-refractivity contribution in [2.24, 2.45) is 5.92 Å². The molecule has 0 aliphatic heterocycles. The predicted molar refractivity (Wildman–Crippen MR) is 101 cm³/mol. The number of hydrogen-bond donors (Lipinski definition) is 0. The highest BCUT2D eigenvalue weighted by atomic mass is 35.5. The molecule has 1 aromatic rings. The first-order valence-corrected chi connectivity index (χ1v) is 9.42. The largest absolute Gasteiger partial charge is 0.462 e. The third kappa shape index (κ3) is 7.85. The van der Waals surface area contributed by atoms with E-state index in [2.05, 4.69) is 0 Å². The second-order valence-corrected chi connectivity index (χ2v) is 7.34. The Morgan fingerprint density at radius 1 is 1.04 bits per heavy atom. The molecule has 1 unspecified atom stereocenters. The first kappa shape index (κ1) is 22.1. The summed E-state index contributed by atoms with van der Waals surface area (Å²) >= 11 is 17.7. The van der Waals surface area contributed by atoms with Gasteiger partial charge in [-0.3, -0.25) is 9.59 Å². The van der Waals surface area contributed by atoms with Crippen LogP contribution in [0.1, 0.15) is 52.9 Å². The molecule has 1 rings (SSSR count). The second-order valence-electron chi connectivity index (χ2n) is 6.09. The lowest BCUT2D eigenvalue weighted by Crippen LogP contribution is -2.23. The molecule has 7 heteroatoms. The van der Waals surface area contributed by atoms with E-state index in [1.165, 1.54) is 12.1 Å². The minimum atomic E-state index is -0.520. The normalized spacial score (nSPS) is 12.1. The van der Waals surface area contributed by atoms with Gasteiger partial charge < -0.3 is 9.47 Å². The second kappa shape index (κ2) is 10.9. The maximum absolute atomic E-state index is 11.9. The van der Waals surface area contributed by atoms with E-state index in [0.29, 0.717) is 11.4 Å². The zero-order valence-corrected chi connectivity index (χ0v) is 16.9. The molecule has 1 atom stereocenters. The Morgan fingerprint density at radius 2 is 1.60 bits per heavy atom. The Hall–Kier alpha value is -0.970. The van der Waals surface area contributed by atoms with Crippen molar-refractivity contribution in [1.82, 2.24) is 0 Å². The fourth-order valence-corrected chi connectivity index (χ4v) is 3.10. The van der Waals surface area contributed by atoms with Crippen molar-refractivity contribution in [2.75, 3.05) is 0 Å². The molecule has 0 fully saturated rings. The summed E-state index contributed by atoms with van der Waals surface area (Å²) < 4.78 is 10.6. The first-order chi connectivity index (χ1) is 11.7. The zero-order chi connectivity index (χ0) is 19.0. The van der Waals surface area contributed by atoms with Crippen LogP contribution in [0.3, 0.4) is 0 Å². The Bertz CT molecular complexity index is 579. The van der Waals surface area contributed by atoms with Gasteiger partial charge in [-0.05, 0) is 30.9 Å². The van der Waals surface area contributed by atoms with Crippen molar-refractivity contribution < 1.29 is 19.1 Å². The van der Waals surface area contributed by atoms with Crippen LogP contribution in [0.2, 0.25) is 15.1 Å². The molecule has 140 valence electrons. The number of halogens is 3. The number of rotatable bonds is 9. The SMILES string of the molecule is CCCC(OC(=O)CCCC(=O)Oc1c(Cl)cc(Cl)cc1Cl)C(C)C. The average molecular weight is 410 g/mol. The molecule has 0 spiro atoms. The Labute approximate surface area is 163 Å². The number of hydrogen-bond acceptors (Lipinski definition) is 4. The van der Waals surface area contributed by atoms with Crippen molar-refractivity contribution in [3.05, 3.63) is 27.2 Å². The van der Waals surface area contributed by atoms with E-state index in [1.807, 2.05) is 20.8 Å². The molecule has 0 aliphatic rings. The Balaban J connectivity index is 2.43. The standard InChI is InChI=1S/C18H23Cl3O4/c1-4-6-15(11(2)3)24-16(22)7-5-8-17(23)25-18-13(20)9-12(19)10-14(18)21/h9-11,15H,4-8H2,1-3H3. The van der Waals surface area contributed by atoms with Crippen molar-refractivity contribution in [3.8, 4) is 5.75 Å². The molecule has 0 amide bonds. The van der Waals surface area contributed by atoms with Gasteiger partial charge in [0.25, 0.3) is 0 Å². The van der Waals surface area contributed by atoms with Crippen LogP contribution in [0.5, 0.6) is 5.75 Å². The van der Waals surface area contributed by atoms with Crippen molar-refractivity contribution in [3.63, 3.8) is 0 Å². The van der Waals surface area contributed by atoms with Gasteiger partial charge in [0.05, 0.1) is 10.0 Å². The summed E-state index contributed by atoms with van der Waals surface area (Å²) in [5, 5.41) is 0.665. The predicted octanol–water partition coefficient (Wildman–Crippen LogP) is 6.09. The number of carbonyl (C=O) groups excluding carboxylic acids is 2. The molecule has 1 aromatic carbocycles. The molecule has 4 nitrogen and oxygen atoms in total. The lowest BCUT2D eigenvalue weighted by atomic mass is 10.0. The van der Waals surface area contributed by atoms with Crippen molar-refractivity contribution in [2.45, 2.75) is 59.0 Å². The summed E-state index contributed by atoms with van der Waals surface area (Å²) in [5.74, 6) is -0.485. The molecule has 25 heavy (non-hydrogen) atoms. The maximum Gasteiger partial charge on any atom is 0.311 e. The fourth-order valence-electron chi connectivity index (χ4n) is 2.21. The molecular weight excluding hydrogens is 387 g/mol. The van der Waals surface area contributed by atoms with Crippen LogP contribution in [0.4, 0.5) is 0 Å². The van der Waals surface area contributed by atoms with E-state index < -0.39 is 5.97 Å². The molecule has 0 radical (unpaired) electrons. The van der Waals surface area contributed by atoms with Gasteiger partial charge in [-0.25, -0.2) is 0 Å². The molecule has 0 saturated carbocycles. The summed E-state index contributed by atoms with van der Waals surface area (Å²) in [5.41, 5.74) is 0. The van der Waals surface area contributed by atoms with E-state index in [9.17, 15) is 9.59 Å². The van der Waals surface area contributed by atoms with E-state index >= 15 is 0 Å². The minimum Gasteiger partial charge on any atom is -0.462 e. The highest BCUT2D eigenvalue weighted by Gasteiger charge is 2.18. The van der Waals surface area contributed by atoms with Crippen LogP contribution >= 0.6 is 34.8 Å². The van der Waals surface area contributed by atoms with E-state index in [0.717, 1.165) is 12.8 Å². The smallest absolute Gasteiger partial charge is 0.311 e. The molecule has 0 aliphatic carbocycles. The topological polar surface area (TPSA) is 52.6 Å². The molecule has 0 bridgehead atoms. The summed E-state index contributed by atoms with van der Waals surface area (Å²) in [6, 6.07) is 2.88. The van der Waals surface area contributed by atoms with E-state index in [1.54, 1.807) is 0 Å². The number of esters is 2. The summed E-state index contributed by atoms with van der Waals surface area (Å²) in [6.07, 6.45) is 2.24. The number of ether oxygens (including phenoxy) is 2. The minimum absolute atomic E-state index is 0.0600. The Morgan fingerprint density at radius 3 is 2.12 bits per heavy atom. The molecule has 0 saturated heterocycles. The van der Waals surface area contributed by atoms with Gasteiger partial charge in [0.2, 0.25) is 0 Å². The van der Waals surface area contributed by atoms with Crippen LogP contribution in [0, 0.1) is 5.92 Å². The molecular formula is C18H23Cl3O4. The highest BCUT2D eigenvalue weighted by Crippen LogP contribution is 2.36.